The number of rotatable bonds is 6. The molecule has 5 nitrogen and oxygen atoms in total. The van der Waals surface area contributed by atoms with Crippen molar-refractivity contribution in [2.45, 2.75) is 32.2 Å². The van der Waals surface area contributed by atoms with Crippen LogP contribution in [0.5, 0.6) is 5.75 Å². The van der Waals surface area contributed by atoms with Crippen molar-refractivity contribution >= 4 is 22.6 Å². The first kappa shape index (κ1) is 18.4. The number of hydrogen-bond acceptors (Lipinski definition) is 4. The maximum Gasteiger partial charge on any atom is 0.258 e. The molecule has 3 aromatic rings. The van der Waals surface area contributed by atoms with Crippen molar-refractivity contribution in [1.82, 2.24) is 5.32 Å². The highest BCUT2D eigenvalue weighted by molar-refractivity contribution is 5.84. The van der Waals surface area contributed by atoms with E-state index in [4.69, 9.17) is 9.15 Å². The predicted molar refractivity (Wildman–Crippen MR) is 111 cm³/mol. The van der Waals surface area contributed by atoms with Gasteiger partial charge < -0.3 is 19.4 Å². The van der Waals surface area contributed by atoms with Crippen molar-refractivity contribution in [3.63, 3.8) is 0 Å². The van der Waals surface area contributed by atoms with Crippen molar-refractivity contribution in [1.29, 1.82) is 0 Å². The van der Waals surface area contributed by atoms with Crippen molar-refractivity contribution in [3.8, 4) is 5.75 Å². The number of ether oxygens (including phenoxy) is 1. The monoisotopic (exact) mass is 378 g/mol. The van der Waals surface area contributed by atoms with E-state index >= 15 is 0 Å². The lowest BCUT2D eigenvalue weighted by Crippen LogP contribution is -2.28. The van der Waals surface area contributed by atoms with E-state index in [1.165, 1.54) is 18.4 Å². The highest BCUT2D eigenvalue weighted by atomic mass is 16.5. The molecule has 4 rings (SSSR count). The van der Waals surface area contributed by atoms with Crippen molar-refractivity contribution in [3.05, 3.63) is 59.4 Å². The van der Waals surface area contributed by atoms with E-state index in [1.54, 1.807) is 0 Å². The number of nitrogens with zero attached hydrogens (tertiary/aromatic N) is 1. The Bertz CT molecular complexity index is 991. The summed E-state index contributed by atoms with van der Waals surface area (Å²) in [5.74, 6) is 1.67. The van der Waals surface area contributed by atoms with Gasteiger partial charge in [-0.1, -0.05) is 12.1 Å². The maximum atomic E-state index is 12.2. The smallest absolute Gasteiger partial charge is 0.258 e. The van der Waals surface area contributed by atoms with E-state index in [9.17, 15) is 4.79 Å². The second kappa shape index (κ2) is 7.97. The summed E-state index contributed by atoms with van der Waals surface area (Å²) in [6, 6.07) is 13.9. The van der Waals surface area contributed by atoms with Crippen molar-refractivity contribution in [2.24, 2.45) is 0 Å². The van der Waals surface area contributed by atoms with Gasteiger partial charge in [-0.15, -0.1) is 0 Å². The second-order valence-electron chi connectivity index (χ2n) is 7.50. The summed E-state index contributed by atoms with van der Waals surface area (Å²) >= 11 is 0. The van der Waals surface area contributed by atoms with Gasteiger partial charge in [-0.25, -0.2) is 0 Å². The highest BCUT2D eigenvalue weighted by Crippen LogP contribution is 2.33. The minimum Gasteiger partial charge on any atom is -0.484 e. The van der Waals surface area contributed by atoms with E-state index in [0.29, 0.717) is 12.3 Å². The van der Waals surface area contributed by atoms with Gasteiger partial charge in [0.1, 0.15) is 17.1 Å². The molecule has 0 radical (unpaired) electrons. The van der Waals surface area contributed by atoms with Crippen LogP contribution in [-0.4, -0.2) is 26.6 Å². The summed E-state index contributed by atoms with van der Waals surface area (Å²) in [5.41, 5.74) is 4.38. The summed E-state index contributed by atoms with van der Waals surface area (Å²) in [5, 5.41) is 4.04. The number of aryl methyl sites for hydroxylation is 2. The Labute approximate surface area is 165 Å². The zero-order chi connectivity index (χ0) is 19.5. The SMILES string of the molecule is CN(C)c1cccc(CNC(=O)COc2ccc3oc4c(c3c2)CCCC4)c1. The van der Waals surface area contributed by atoms with Crippen LogP contribution in [0, 0.1) is 0 Å². The van der Waals surface area contributed by atoms with Gasteiger partial charge in [0.2, 0.25) is 0 Å². The summed E-state index contributed by atoms with van der Waals surface area (Å²) < 4.78 is 11.7. The standard InChI is InChI=1S/C23H26N2O3/c1-25(2)17-7-5-6-16(12-17)14-24-23(26)15-27-18-10-11-22-20(13-18)19-8-3-4-9-21(19)28-22/h5-7,10-13H,3-4,8-9,14-15H2,1-2H3,(H,24,26). The van der Waals surface area contributed by atoms with Gasteiger partial charge in [-0.05, 0) is 55.2 Å². The summed E-state index contributed by atoms with van der Waals surface area (Å²) in [4.78, 5) is 14.2. The second-order valence-corrected chi connectivity index (χ2v) is 7.50. The molecule has 2 aromatic carbocycles. The minimum atomic E-state index is -0.135. The Hall–Kier alpha value is -2.95. The molecule has 1 aromatic heterocycles. The summed E-state index contributed by atoms with van der Waals surface area (Å²) in [6.45, 7) is 0.483. The molecule has 28 heavy (non-hydrogen) atoms. The van der Waals surface area contributed by atoms with Crippen LogP contribution in [0.1, 0.15) is 29.7 Å². The third-order valence-electron chi connectivity index (χ3n) is 5.21. The molecular weight excluding hydrogens is 352 g/mol. The molecule has 5 heteroatoms. The molecule has 0 atom stereocenters. The lowest BCUT2D eigenvalue weighted by atomic mass is 9.96. The average Bonchev–Trinajstić information content (AvgIpc) is 3.09. The Balaban J connectivity index is 1.35. The van der Waals surface area contributed by atoms with Crippen LogP contribution in [0.3, 0.4) is 0 Å². The number of benzene rings is 2. The van der Waals surface area contributed by atoms with E-state index < -0.39 is 0 Å². The van der Waals surface area contributed by atoms with Gasteiger partial charge >= 0.3 is 0 Å². The van der Waals surface area contributed by atoms with E-state index in [1.807, 2.05) is 55.4 Å². The quantitative estimate of drug-likeness (QED) is 0.702. The number of fused-ring (bicyclic) bond motifs is 3. The molecule has 1 amide bonds. The zero-order valence-corrected chi connectivity index (χ0v) is 16.5. The van der Waals surface area contributed by atoms with Gasteiger partial charge in [-0.2, -0.15) is 0 Å². The summed E-state index contributed by atoms with van der Waals surface area (Å²) in [7, 11) is 4.00. The molecule has 0 unspecified atom stereocenters. The molecule has 1 aliphatic carbocycles. The van der Waals surface area contributed by atoms with Gasteiger partial charge in [0, 0.05) is 43.7 Å². The van der Waals surface area contributed by atoms with Crippen LogP contribution in [0.25, 0.3) is 11.0 Å². The van der Waals surface area contributed by atoms with Gasteiger partial charge in [0.25, 0.3) is 5.91 Å². The largest absolute Gasteiger partial charge is 0.484 e. The fraction of sp³-hybridized carbons (Fsp3) is 0.348. The molecular formula is C23H26N2O3. The fourth-order valence-corrected chi connectivity index (χ4v) is 3.68. The normalized spacial score (nSPS) is 13.2. The first-order valence-electron chi connectivity index (χ1n) is 9.80. The Morgan fingerprint density at radius 3 is 2.86 bits per heavy atom. The first-order valence-corrected chi connectivity index (χ1v) is 9.80. The maximum absolute atomic E-state index is 12.2. The van der Waals surface area contributed by atoms with Gasteiger partial charge in [-0.3, -0.25) is 4.79 Å². The Morgan fingerprint density at radius 1 is 1.14 bits per heavy atom. The number of carbonyl (C=O) groups excluding carboxylic acids is 1. The molecule has 1 heterocycles. The van der Waals surface area contributed by atoms with Crippen LogP contribution in [0.2, 0.25) is 0 Å². The molecule has 1 N–H and O–H groups in total. The lowest BCUT2D eigenvalue weighted by molar-refractivity contribution is -0.123. The van der Waals surface area contributed by atoms with Crippen LogP contribution in [0.4, 0.5) is 5.69 Å². The molecule has 0 fully saturated rings. The lowest BCUT2D eigenvalue weighted by Gasteiger charge is -2.14. The third-order valence-corrected chi connectivity index (χ3v) is 5.21. The summed E-state index contributed by atoms with van der Waals surface area (Å²) in [6.07, 6.45) is 4.45. The molecule has 0 aliphatic heterocycles. The minimum absolute atomic E-state index is 0.00107. The number of hydrogen-bond donors (Lipinski definition) is 1. The number of carbonyl (C=O) groups is 1. The molecule has 1 aliphatic rings. The number of furan rings is 1. The molecule has 0 bridgehead atoms. The van der Waals surface area contributed by atoms with E-state index in [-0.39, 0.29) is 12.5 Å². The van der Waals surface area contributed by atoms with Crippen molar-refractivity contribution < 1.29 is 13.9 Å². The van der Waals surface area contributed by atoms with Gasteiger partial charge in [0.05, 0.1) is 0 Å². The predicted octanol–water partition coefficient (Wildman–Crippen LogP) is 4.07. The molecule has 146 valence electrons. The average molecular weight is 378 g/mol. The fourth-order valence-electron chi connectivity index (χ4n) is 3.68. The molecule has 0 spiro atoms. The van der Waals surface area contributed by atoms with E-state index in [0.717, 1.165) is 40.8 Å². The number of nitrogens with one attached hydrogen (secondary N) is 1. The van der Waals surface area contributed by atoms with E-state index in [2.05, 4.69) is 11.4 Å². The Kier molecular flexibility index (Phi) is 5.24. The zero-order valence-electron chi connectivity index (χ0n) is 16.5. The highest BCUT2D eigenvalue weighted by Gasteiger charge is 2.18. The van der Waals surface area contributed by atoms with Crippen LogP contribution in [0.15, 0.2) is 46.9 Å². The first-order chi connectivity index (χ1) is 13.6. The van der Waals surface area contributed by atoms with Gasteiger partial charge in [0.15, 0.2) is 6.61 Å². The third kappa shape index (κ3) is 3.98. The Morgan fingerprint density at radius 2 is 2.00 bits per heavy atom. The molecule has 0 saturated heterocycles. The van der Waals surface area contributed by atoms with Crippen LogP contribution in [-0.2, 0) is 24.2 Å². The van der Waals surface area contributed by atoms with Crippen LogP contribution >= 0.6 is 0 Å². The number of amides is 1. The number of anilines is 1. The van der Waals surface area contributed by atoms with Crippen molar-refractivity contribution in [2.75, 3.05) is 25.6 Å². The molecule has 0 saturated carbocycles. The van der Waals surface area contributed by atoms with Crippen LogP contribution < -0.4 is 15.0 Å². The topological polar surface area (TPSA) is 54.7 Å².